The first-order chi connectivity index (χ1) is 9.98. The molecule has 21 heavy (non-hydrogen) atoms. The van der Waals surface area contributed by atoms with Gasteiger partial charge in [0.05, 0.1) is 11.4 Å². The molecule has 1 heterocycles. The summed E-state index contributed by atoms with van der Waals surface area (Å²) in [5, 5.41) is 12.9. The van der Waals surface area contributed by atoms with Gasteiger partial charge in [-0.2, -0.15) is 8.78 Å². The van der Waals surface area contributed by atoms with Gasteiger partial charge in [-0.3, -0.25) is 4.79 Å². The zero-order valence-electron chi connectivity index (χ0n) is 11.6. The van der Waals surface area contributed by atoms with Crippen LogP contribution in [-0.2, 0) is 5.75 Å². The highest BCUT2D eigenvalue weighted by atomic mass is 32.2. The number of rotatable bonds is 6. The number of hydrogen-bond acceptors (Lipinski definition) is 4. The van der Waals surface area contributed by atoms with E-state index in [2.05, 4.69) is 5.32 Å². The minimum absolute atomic E-state index is 0.0227. The van der Waals surface area contributed by atoms with E-state index in [0.29, 0.717) is 30.4 Å². The van der Waals surface area contributed by atoms with Crippen LogP contribution in [0.3, 0.4) is 0 Å². The molecule has 2 N–H and O–H groups in total. The Labute approximate surface area is 126 Å². The third kappa shape index (κ3) is 5.00. The number of nitrogens with one attached hydrogen (secondary N) is 1. The third-order valence-corrected chi connectivity index (χ3v) is 4.30. The average molecular weight is 319 g/mol. The average Bonchev–Trinajstić information content (AvgIpc) is 2.92. The van der Waals surface area contributed by atoms with Gasteiger partial charge < -0.3 is 14.8 Å². The zero-order valence-corrected chi connectivity index (χ0v) is 12.4. The van der Waals surface area contributed by atoms with Crippen LogP contribution in [0.5, 0.6) is 0 Å². The lowest BCUT2D eigenvalue weighted by Gasteiger charge is -2.31. The number of furan rings is 1. The molecule has 0 atom stereocenters. The molecule has 7 heteroatoms. The van der Waals surface area contributed by atoms with E-state index in [4.69, 9.17) is 4.42 Å². The molecule has 1 fully saturated rings. The molecule has 0 spiro atoms. The van der Waals surface area contributed by atoms with Gasteiger partial charge in [0.1, 0.15) is 5.76 Å². The Bertz CT molecular complexity index is 473. The highest BCUT2D eigenvalue weighted by molar-refractivity contribution is 7.98. The largest absolute Gasteiger partial charge is 0.455 e. The monoisotopic (exact) mass is 319 g/mol. The molecular formula is C14H19F2NO3S. The molecule has 2 rings (SSSR count). The number of carbonyl (C=O) groups excluding carboxylic acids is 1. The number of hydrogen-bond donors (Lipinski definition) is 2. The van der Waals surface area contributed by atoms with Crippen molar-refractivity contribution in [2.24, 2.45) is 0 Å². The normalized spacial score (nSPS) is 17.9. The number of thioether (sulfide) groups is 1. The summed E-state index contributed by atoms with van der Waals surface area (Å²) in [6.45, 7) is 0.188. The molecule has 0 unspecified atom stereocenters. The van der Waals surface area contributed by atoms with Crippen molar-refractivity contribution in [2.75, 3.05) is 6.54 Å². The number of halogens is 2. The fraction of sp³-hybridized carbons (Fsp3) is 0.643. The molecule has 1 saturated carbocycles. The van der Waals surface area contributed by atoms with Crippen LogP contribution in [0.2, 0.25) is 0 Å². The number of carbonyl (C=O) groups is 1. The lowest BCUT2D eigenvalue weighted by atomic mass is 9.85. The fourth-order valence-corrected chi connectivity index (χ4v) is 2.89. The first-order valence-corrected chi connectivity index (χ1v) is 8.02. The van der Waals surface area contributed by atoms with Gasteiger partial charge in [0.15, 0.2) is 5.76 Å². The third-order valence-electron chi connectivity index (χ3n) is 3.60. The Kier molecular flexibility index (Phi) is 5.64. The molecule has 1 amide bonds. The van der Waals surface area contributed by atoms with E-state index >= 15 is 0 Å². The first-order valence-electron chi connectivity index (χ1n) is 6.98. The summed E-state index contributed by atoms with van der Waals surface area (Å²) < 4.78 is 29.4. The molecule has 1 aliphatic rings. The number of aliphatic hydroxyl groups is 1. The molecule has 118 valence electrons. The van der Waals surface area contributed by atoms with Crippen LogP contribution in [0.25, 0.3) is 0 Å². The molecule has 1 aromatic rings. The molecule has 1 aliphatic carbocycles. The van der Waals surface area contributed by atoms with Gasteiger partial charge in [0.2, 0.25) is 0 Å². The summed E-state index contributed by atoms with van der Waals surface area (Å²) >= 11 is 0.446. The summed E-state index contributed by atoms with van der Waals surface area (Å²) in [5.74, 6) is -2.45. The van der Waals surface area contributed by atoms with E-state index in [-0.39, 0.29) is 18.1 Å². The second kappa shape index (κ2) is 7.26. The van der Waals surface area contributed by atoms with Gasteiger partial charge >= 0.3 is 0 Å². The maximum Gasteiger partial charge on any atom is 0.287 e. The summed E-state index contributed by atoms with van der Waals surface area (Å²) in [6.07, 6.45) is 4.40. The Morgan fingerprint density at radius 3 is 2.76 bits per heavy atom. The highest BCUT2D eigenvalue weighted by Crippen LogP contribution is 2.27. The van der Waals surface area contributed by atoms with Gasteiger partial charge in [0.25, 0.3) is 11.7 Å². The quantitative estimate of drug-likeness (QED) is 0.845. The lowest BCUT2D eigenvalue weighted by Crippen LogP contribution is -2.44. The molecule has 4 nitrogen and oxygen atoms in total. The molecule has 0 aliphatic heterocycles. The SMILES string of the molecule is O=C(NCC1(O)CCCCC1)c1ccc(CSC(F)F)o1. The smallest absolute Gasteiger partial charge is 0.287 e. The topological polar surface area (TPSA) is 62.5 Å². The van der Waals surface area contributed by atoms with Crippen LogP contribution >= 0.6 is 11.8 Å². The second-order valence-corrected chi connectivity index (χ2v) is 6.28. The van der Waals surface area contributed by atoms with Crippen molar-refractivity contribution in [1.82, 2.24) is 5.32 Å². The van der Waals surface area contributed by atoms with Crippen molar-refractivity contribution < 1.29 is 23.1 Å². The Balaban J connectivity index is 1.82. The van der Waals surface area contributed by atoms with Crippen LogP contribution in [0, 0.1) is 0 Å². The van der Waals surface area contributed by atoms with Crippen LogP contribution < -0.4 is 5.32 Å². The van der Waals surface area contributed by atoms with Crippen molar-refractivity contribution in [3.63, 3.8) is 0 Å². The maximum atomic E-state index is 12.1. The van der Waals surface area contributed by atoms with Crippen LogP contribution in [0.15, 0.2) is 16.5 Å². The van der Waals surface area contributed by atoms with Gasteiger partial charge in [0, 0.05) is 6.54 Å². The Morgan fingerprint density at radius 2 is 2.10 bits per heavy atom. The summed E-state index contributed by atoms with van der Waals surface area (Å²) in [7, 11) is 0. The predicted molar refractivity (Wildman–Crippen MR) is 76.4 cm³/mol. The standard InChI is InChI=1S/C14H19F2NO3S/c15-13(16)21-8-10-4-5-11(20-10)12(18)17-9-14(19)6-2-1-3-7-14/h4-5,13,19H,1-3,6-9H2,(H,17,18). The van der Waals surface area contributed by atoms with E-state index in [1.807, 2.05) is 0 Å². The van der Waals surface area contributed by atoms with E-state index in [1.165, 1.54) is 12.1 Å². The zero-order chi connectivity index (χ0) is 15.3. The van der Waals surface area contributed by atoms with Crippen LogP contribution in [-0.4, -0.2) is 28.9 Å². The molecule has 0 saturated heterocycles. The molecule has 0 radical (unpaired) electrons. The van der Waals surface area contributed by atoms with Crippen LogP contribution in [0.1, 0.15) is 48.4 Å². The summed E-state index contributed by atoms with van der Waals surface area (Å²) in [5.41, 5.74) is -0.838. The maximum absolute atomic E-state index is 12.1. The van der Waals surface area contributed by atoms with Crippen LogP contribution in [0.4, 0.5) is 8.78 Å². The van der Waals surface area contributed by atoms with Gasteiger partial charge in [-0.15, -0.1) is 0 Å². The number of amides is 1. The molecule has 0 aromatic carbocycles. The van der Waals surface area contributed by atoms with Crippen molar-refractivity contribution in [3.8, 4) is 0 Å². The molecule has 0 bridgehead atoms. The fourth-order valence-electron chi connectivity index (χ4n) is 2.44. The van der Waals surface area contributed by atoms with Crippen molar-refractivity contribution in [2.45, 2.75) is 49.2 Å². The van der Waals surface area contributed by atoms with Crippen molar-refractivity contribution in [3.05, 3.63) is 23.7 Å². The molecular weight excluding hydrogens is 300 g/mol. The van der Waals surface area contributed by atoms with E-state index < -0.39 is 17.3 Å². The van der Waals surface area contributed by atoms with E-state index in [9.17, 15) is 18.7 Å². The minimum Gasteiger partial charge on any atom is -0.455 e. The highest BCUT2D eigenvalue weighted by Gasteiger charge is 2.29. The van der Waals surface area contributed by atoms with Gasteiger partial charge in [-0.1, -0.05) is 31.0 Å². The van der Waals surface area contributed by atoms with E-state index in [0.717, 1.165) is 19.3 Å². The van der Waals surface area contributed by atoms with Crippen molar-refractivity contribution >= 4 is 17.7 Å². The lowest BCUT2D eigenvalue weighted by molar-refractivity contribution is 0.00502. The Hall–Kier alpha value is -1.08. The van der Waals surface area contributed by atoms with E-state index in [1.54, 1.807) is 0 Å². The van der Waals surface area contributed by atoms with Gasteiger partial charge in [-0.05, 0) is 25.0 Å². The summed E-state index contributed by atoms with van der Waals surface area (Å²) in [4.78, 5) is 11.9. The van der Waals surface area contributed by atoms with Crippen molar-refractivity contribution in [1.29, 1.82) is 0 Å². The predicted octanol–water partition coefficient (Wildman–Crippen LogP) is 3.16. The first kappa shape index (κ1) is 16.3. The van der Waals surface area contributed by atoms with Gasteiger partial charge in [-0.25, -0.2) is 0 Å². The minimum atomic E-state index is -2.46. The Morgan fingerprint density at radius 1 is 1.38 bits per heavy atom. The number of alkyl halides is 2. The summed E-state index contributed by atoms with van der Waals surface area (Å²) in [6, 6.07) is 2.97. The second-order valence-electron chi connectivity index (χ2n) is 5.31. The molecule has 1 aromatic heterocycles.